The first-order chi connectivity index (χ1) is 14.4. The first-order valence-corrected chi connectivity index (χ1v) is 9.72. The Labute approximate surface area is 173 Å². The first kappa shape index (κ1) is 20.1. The molecule has 30 heavy (non-hydrogen) atoms. The van der Waals surface area contributed by atoms with Crippen LogP contribution in [0.4, 0.5) is 14.6 Å². The van der Waals surface area contributed by atoms with Crippen LogP contribution in [0.25, 0.3) is 16.9 Å². The molecule has 4 rings (SSSR count). The lowest BCUT2D eigenvalue weighted by atomic mass is 9.91. The number of hydrogen-bond donors (Lipinski definition) is 1. The van der Waals surface area contributed by atoms with Crippen LogP contribution in [0.1, 0.15) is 25.7 Å². The predicted molar refractivity (Wildman–Crippen MR) is 108 cm³/mol. The maximum Gasteiger partial charge on any atom is 0.250 e. The molecule has 1 atom stereocenters. The summed E-state index contributed by atoms with van der Waals surface area (Å²) in [5, 5.41) is 18.9. The van der Waals surface area contributed by atoms with E-state index in [4.69, 9.17) is 4.74 Å². The van der Waals surface area contributed by atoms with Crippen LogP contribution in [0.15, 0.2) is 42.9 Å². The molecule has 0 amide bonds. The fourth-order valence-corrected chi connectivity index (χ4v) is 3.77. The summed E-state index contributed by atoms with van der Waals surface area (Å²) in [7, 11) is 3.30. The Balaban J connectivity index is 1.52. The lowest BCUT2D eigenvalue weighted by Crippen LogP contribution is -2.40. The topological polar surface area (TPSA) is 76.3 Å². The molecule has 0 spiro atoms. The van der Waals surface area contributed by atoms with Crippen molar-refractivity contribution in [1.29, 1.82) is 0 Å². The van der Waals surface area contributed by atoms with Crippen LogP contribution in [0.3, 0.4) is 0 Å². The molecule has 0 bridgehead atoms. The molecule has 1 aliphatic carbocycles. The van der Waals surface area contributed by atoms with Crippen molar-refractivity contribution in [2.45, 2.75) is 37.6 Å². The van der Waals surface area contributed by atoms with E-state index in [1.165, 1.54) is 7.11 Å². The van der Waals surface area contributed by atoms with Crippen molar-refractivity contribution in [3.63, 3.8) is 0 Å². The molecule has 0 unspecified atom stereocenters. The third kappa shape index (κ3) is 4.05. The van der Waals surface area contributed by atoms with Gasteiger partial charge in [-0.3, -0.25) is 0 Å². The standard InChI is InChI=1S/C21H23F2N5O2/c1-27(15-4-3-9-21(22,23)11-15)19-8-7-17(25-26-19)16-6-5-14(10-18(16)29)28-12-20(30-2)24-13-28/h5-8,10,12-13,15,29H,3-4,9,11H2,1-2H3/t15-/m0/s1. The van der Waals surface area contributed by atoms with Crippen LogP contribution < -0.4 is 9.64 Å². The van der Waals surface area contributed by atoms with Crippen LogP contribution in [-0.4, -0.2) is 51.0 Å². The van der Waals surface area contributed by atoms with E-state index >= 15 is 0 Å². The SMILES string of the molecule is COc1cn(-c2ccc(-c3ccc(N(C)[C@H]4CCCC(F)(F)C4)nn3)c(O)c2)cn1. The Morgan fingerprint density at radius 3 is 2.70 bits per heavy atom. The summed E-state index contributed by atoms with van der Waals surface area (Å²) >= 11 is 0. The second kappa shape index (κ2) is 7.89. The quantitative estimate of drug-likeness (QED) is 0.677. The Hall–Kier alpha value is -3.23. The zero-order valence-corrected chi connectivity index (χ0v) is 16.8. The van der Waals surface area contributed by atoms with E-state index in [9.17, 15) is 13.9 Å². The number of ether oxygens (including phenoxy) is 1. The number of phenolic OH excluding ortho intramolecular Hbond substituents is 1. The largest absolute Gasteiger partial charge is 0.507 e. The number of halogens is 2. The van der Waals surface area contributed by atoms with Crippen LogP contribution >= 0.6 is 0 Å². The van der Waals surface area contributed by atoms with Crippen molar-refractivity contribution >= 4 is 5.82 Å². The molecule has 0 aliphatic heterocycles. The molecule has 0 saturated heterocycles. The Morgan fingerprint density at radius 1 is 1.23 bits per heavy atom. The summed E-state index contributed by atoms with van der Waals surface area (Å²) in [5.74, 6) is -1.58. The van der Waals surface area contributed by atoms with E-state index in [1.807, 2.05) is 6.07 Å². The number of benzene rings is 1. The summed E-state index contributed by atoms with van der Waals surface area (Å²) in [5.41, 5.74) is 1.74. The molecule has 1 fully saturated rings. The summed E-state index contributed by atoms with van der Waals surface area (Å²) in [6.45, 7) is 0. The number of imidazole rings is 1. The third-order valence-electron chi connectivity index (χ3n) is 5.50. The van der Waals surface area contributed by atoms with Crippen LogP contribution in [0.2, 0.25) is 0 Å². The van der Waals surface area contributed by atoms with Crippen molar-refractivity contribution in [2.75, 3.05) is 19.1 Å². The van der Waals surface area contributed by atoms with Gasteiger partial charge in [0.05, 0.1) is 24.7 Å². The molecule has 3 aromatic rings. The lowest BCUT2D eigenvalue weighted by Gasteiger charge is -2.35. The monoisotopic (exact) mass is 415 g/mol. The molecule has 1 aromatic carbocycles. The minimum Gasteiger partial charge on any atom is -0.507 e. The Bertz CT molecular complexity index is 1020. The number of methoxy groups -OCH3 is 1. The fraction of sp³-hybridized carbons (Fsp3) is 0.381. The van der Waals surface area contributed by atoms with Gasteiger partial charge in [0.1, 0.15) is 12.1 Å². The number of aromatic nitrogens is 4. The van der Waals surface area contributed by atoms with Crippen molar-refractivity contribution < 1.29 is 18.6 Å². The van der Waals surface area contributed by atoms with E-state index < -0.39 is 5.92 Å². The number of hydrogen-bond acceptors (Lipinski definition) is 6. The van der Waals surface area contributed by atoms with Gasteiger partial charge in [0.25, 0.3) is 0 Å². The van der Waals surface area contributed by atoms with E-state index in [0.29, 0.717) is 35.8 Å². The van der Waals surface area contributed by atoms with E-state index in [2.05, 4.69) is 15.2 Å². The van der Waals surface area contributed by atoms with Crippen LogP contribution in [-0.2, 0) is 0 Å². The van der Waals surface area contributed by atoms with Gasteiger partial charge < -0.3 is 19.3 Å². The molecule has 1 saturated carbocycles. The fourth-order valence-electron chi connectivity index (χ4n) is 3.77. The number of alkyl halides is 2. The van der Waals surface area contributed by atoms with Gasteiger partial charge in [0.15, 0.2) is 5.82 Å². The van der Waals surface area contributed by atoms with E-state index in [-0.39, 0.29) is 24.6 Å². The molecule has 9 heteroatoms. The Kier molecular flexibility index (Phi) is 5.27. The molecular formula is C21H23F2N5O2. The summed E-state index contributed by atoms with van der Waals surface area (Å²) in [4.78, 5) is 5.84. The molecule has 158 valence electrons. The summed E-state index contributed by atoms with van der Waals surface area (Å²) < 4.78 is 34.3. The number of anilines is 1. The smallest absolute Gasteiger partial charge is 0.250 e. The average molecular weight is 415 g/mol. The predicted octanol–water partition coefficient (Wildman–Crippen LogP) is 4.06. The number of nitrogens with zero attached hydrogens (tertiary/aromatic N) is 5. The molecule has 7 nitrogen and oxygen atoms in total. The highest BCUT2D eigenvalue weighted by Crippen LogP contribution is 2.36. The molecule has 2 heterocycles. The number of aromatic hydroxyl groups is 1. The zero-order valence-electron chi connectivity index (χ0n) is 16.8. The second-order valence-corrected chi connectivity index (χ2v) is 7.52. The third-order valence-corrected chi connectivity index (χ3v) is 5.50. The average Bonchev–Trinajstić information content (AvgIpc) is 3.22. The van der Waals surface area contributed by atoms with Gasteiger partial charge in [-0.2, -0.15) is 0 Å². The van der Waals surface area contributed by atoms with E-state index in [1.54, 1.807) is 53.3 Å². The van der Waals surface area contributed by atoms with Crippen LogP contribution in [0.5, 0.6) is 11.6 Å². The van der Waals surface area contributed by atoms with Gasteiger partial charge in [-0.25, -0.2) is 13.8 Å². The second-order valence-electron chi connectivity index (χ2n) is 7.52. The van der Waals surface area contributed by atoms with Gasteiger partial charge in [0, 0.05) is 37.6 Å². The summed E-state index contributed by atoms with van der Waals surface area (Å²) in [6, 6.07) is 8.36. The van der Waals surface area contributed by atoms with Gasteiger partial charge in [0.2, 0.25) is 11.8 Å². The molecule has 1 N–H and O–H groups in total. The zero-order chi connectivity index (χ0) is 21.3. The van der Waals surface area contributed by atoms with Gasteiger partial charge in [-0.15, -0.1) is 10.2 Å². The molecule has 1 aliphatic rings. The maximum atomic E-state index is 13.7. The van der Waals surface area contributed by atoms with Crippen molar-refractivity contribution in [3.8, 4) is 28.6 Å². The number of rotatable bonds is 5. The Morgan fingerprint density at radius 2 is 2.07 bits per heavy atom. The highest BCUT2D eigenvalue weighted by atomic mass is 19.3. The highest BCUT2D eigenvalue weighted by molar-refractivity contribution is 5.69. The van der Waals surface area contributed by atoms with E-state index in [0.717, 1.165) is 5.69 Å². The van der Waals surface area contributed by atoms with Crippen LogP contribution in [0, 0.1) is 0 Å². The molecule has 0 radical (unpaired) electrons. The minimum atomic E-state index is -2.63. The van der Waals surface area contributed by atoms with Crippen molar-refractivity contribution in [1.82, 2.24) is 19.7 Å². The van der Waals surface area contributed by atoms with Crippen molar-refractivity contribution in [2.24, 2.45) is 0 Å². The maximum absolute atomic E-state index is 13.7. The van der Waals surface area contributed by atoms with Gasteiger partial charge in [-0.05, 0) is 37.1 Å². The molecular weight excluding hydrogens is 392 g/mol. The molecule has 2 aromatic heterocycles. The highest BCUT2D eigenvalue weighted by Gasteiger charge is 2.38. The van der Waals surface area contributed by atoms with Gasteiger partial charge >= 0.3 is 0 Å². The van der Waals surface area contributed by atoms with Crippen molar-refractivity contribution in [3.05, 3.63) is 42.9 Å². The lowest BCUT2D eigenvalue weighted by molar-refractivity contribution is -0.0401. The first-order valence-electron chi connectivity index (χ1n) is 9.72. The summed E-state index contributed by atoms with van der Waals surface area (Å²) in [6.07, 6.45) is 4.27. The number of phenols is 1. The normalized spacial score (nSPS) is 18.2. The minimum absolute atomic E-state index is 0.0440. The van der Waals surface area contributed by atoms with Gasteiger partial charge in [-0.1, -0.05) is 0 Å².